The fourth-order valence-corrected chi connectivity index (χ4v) is 0.642. The van der Waals surface area contributed by atoms with Gasteiger partial charge in [0.15, 0.2) is 0 Å². The molecule has 1 heterocycles. The monoisotopic (exact) mass is 184 g/mol. The Balaban J connectivity index is 2.53. The second kappa shape index (κ2) is 4.12. The van der Waals surface area contributed by atoms with Crippen molar-refractivity contribution in [3.8, 4) is 0 Å². The molecular weight excluding hydrogens is 176 g/mol. The van der Waals surface area contributed by atoms with Crippen LogP contribution in [0.1, 0.15) is 5.76 Å². The zero-order valence-electron chi connectivity index (χ0n) is 6.52. The summed E-state index contributed by atoms with van der Waals surface area (Å²) in [6.45, 7) is 0. The van der Waals surface area contributed by atoms with Gasteiger partial charge in [0, 0.05) is 6.07 Å². The number of hydrazone groups is 1. The lowest BCUT2D eigenvalue weighted by atomic mass is 10.5. The average Bonchev–Trinajstić information content (AvgIpc) is 2.52. The molecule has 7 nitrogen and oxygen atoms in total. The minimum absolute atomic E-state index is 0.181. The van der Waals surface area contributed by atoms with E-state index in [-0.39, 0.29) is 5.88 Å². The number of anilines is 1. The van der Waals surface area contributed by atoms with Crippen LogP contribution in [0.25, 0.3) is 0 Å². The molecule has 13 heavy (non-hydrogen) atoms. The molecule has 0 saturated carbocycles. The fraction of sp³-hybridized carbons (Fsp3) is 0. The number of carbonyl (C=O) groups excluding carboxylic acids is 1. The Morgan fingerprint density at radius 3 is 3.00 bits per heavy atom. The number of amides is 2. The zero-order chi connectivity index (χ0) is 9.68. The Bertz CT molecular complexity index is 319. The highest BCUT2D eigenvalue weighted by Crippen LogP contribution is 2.09. The van der Waals surface area contributed by atoms with E-state index in [0.717, 1.165) is 0 Å². The Morgan fingerprint density at radius 1 is 1.69 bits per heavy atom. The van der Waals surface area contributed by atoms with E-state index in [1.165, 1.54) is 12.3 Å². The van der Waals surface area contributed by atoms with E-state index < -0.39 is 6.03 Å². The van der Waals surface area contributed by atoms with Crippen molar-refractivity contribution in [3.05, 3.63) is 17.9 Å². The van der Waals surface area contributed by atoms with Gasteiger partial charge in [0.25, 0.3) is 0 Å². The molecule has 1 aromatic rings. The minimum atomic E-state index is -0.761. The first-order valence-electron chi connectivity index (χ1n) is 3.31. The van der Waals surface area contributed by atoms with Gasteiger partial charge in [-0.1, -0.05) is 0 Å². The van der Waals surface area contributed by atoms with Crippen LogP contribution in [0.5, 0.6) is 0 Å². The molecule has 2 amide bonds. The van der Waals surface area contributed by atoms with E-state index >= 15 is 0 Å². The van der Waals surface area contributed by atoms with Crippen LogP contribution in [0, 0.1) is 0 Å². The Morgan fingerprint density at radius 2 is 2.46 bits per heavy atom. The predicted molar refractivity (Wildman–Crippen MR) is 44.4 cm³/mol. The summed E-state index contributed by atoms with van der Waals surface area (Å²) in [6.07, 6.45) is 1.24. The molecule has 0 fully saturated rings. The molecule has 0 saturated heterocycles. The summed E-state index contributed by atoms with van der Waals surface area (Å²) in [4.78, 5) is 10.2. The smallest absolute Gasteiger partial charge is 0.332 e. The summed E-state index contributed by atoms with van der Waals surface area (Å²) in [7, 11) is 0. The summed E-state index contributed by atoms with van der Waals surface area (Å²) in [5.41, 5.74) is 8.53. The maximum atomic E-state index is 10.2. The first kappa shape index (κ1) is 9.07. The highest BCUT2D eigenvalue weighted by atomic mass is 16.5. The van der Waals surface area contributed by atoms with Crippen LogP contribution in [0.2, 0.25) is 0 Å². The van der Waals surface area contributed by atoms with Gasteiger partial charge in [0.05, 0.1) is 6.21 Å². The van der Waals surface area contributed by atoms with Crippen molar-refractivity contribution in [2.45, 2.75) is 0 Å². The standard InChI is InChI=1S/C6H8N4O3/c7-6(11)9-8-3-4-1-2-5(10-12)13-4/h1-3,10,12H,(H3,7,9,11). The maximum absolute atomic E-state index is 10.2. The Kier molecular flexibility index (Phi) is 2.87. The molecule has 1 aromatic heterocycles. The molecule has 0 radical (unpaired) electrons. The van der Waals surface area contributed by atoms with Crippen LogP contribution in [0.3, 0.4) is 0 Å². The van der Waals surface area contributed by atoms with Crippen molar-refractivity contribution in [2.24, 2.45) is 10.8 Å². The number of hydrogen-bond donors (Lipinski definition) is 4. The molecule has 0 unspecified atom stereocenters. The molecule has 0 atom stereocenters. The van der Waals surface area contributed by atoms with E-state index in [1.807, 2.05) is 5.43 Å². The fourth-order valence-electron chi connectivity index (χ4n) is 0.642. The number of nitrogens with two attached hydrogens (primary N) is 1. The van der Waals surface area contributed by atoms with Gasteiger partial charge in [-0.2, -0.15) is 5.10 Å². The van der Waals surface area contributed by atoms with Crippen molar-refractivity contribution in [1.29, 1.82) is 0 Å². The zero-order valence-corrected chi connectivity index (χ0v) is 6.52. The summed E-state index contributed by atoms with van der Waals surface area (Å²) in [6, 6.07) is 2.28. The molecule has 70 valence electrons. The molecule has 0 aliphatic heterocycles. The van der Waals surface area contributed by atoms with E-state index in [4.69, 9.17) is 15.4 Å². The van der Waals surface area contributed by atoms with Gasteiger partial charge in [-0.15, -0.1) is 0 Å². The molecule has 0 aliphatic carbocycles. The van der Waals surface area contributed by atoms with Crippen LogP contribution in [-0.4, -0.2) is 17.5 Å². The van der Waals surface area contributed by atoms with Crippen molar-refractivity contribution < 1.29 is 14.4 Å². The lowest BCUT2D eigenvalue weighted by Gasteiger charge is -1.90. The summed E-state index contributed by atoms with van der Waals surface area (Å²) < 4.78 is 4.91. The molecule has 0 spiro atoms. The number of furan rings is 1. The third-order valence-electron chi connectivity index (χ3n) is 1.10. The van der Waals surface area contributed by atoms with Gasteiger partial charge in [0.2, 0.25) is 5.88 Å². The number of urea groups is 1. The minimum Gasteiger partial charge on any atom is -0.438 e. The topological polar surface area (TPSA) is 113 Å². The van der Waals surface area contributed by atoms with Crippen LogP contribution in [0.15, 0.2) is 21.7 Å². The normalized spacial score (nSPS) is 10.2. The number of carbonyl (C=O) groups is 1. The summed E-state index contributed by atoms with van der Waals surface area (Å²) in [5, 5.41) is 11.8. The van der Waals surface area contributed by atoms with Crippen LogP contribution >= 0.6 is 0 Å². The first-order valence-corrected chi connectivity index (χ1v) is 3.31. The van der Waals surface area contributed by atoms with Gasteiger partial charge in [-0.3, -0.25) is 5.21 Å². The van der Waals surface area contributed by atoms with E-state index in [1.54, 1.807) is 11.5 Å². The Labute approximate surface area is 73.2 Å². The van der Waals surface area contributed by atoms with Gasteiger partial charge < -0.3 is 10.2 Å². The van der Waals surface area contributed by atoms with Crippen LogP contribution in [0.4, 0.5) is 10.7 Å². The molecular formula is C6H8N4O3. The van der Waals surface area contributed by atoms with E-state index in [2.05, 4.69) is 5.10 Å². The van der Waals surface area contributed by atoms with Crippen molar-refractivity contribution >= 4 is 18.1 Å². The van der Waals surface area contributed by atoms with Gasteiger partial charge in [-0.25, -0.2) is 15.7 Å². The van der Waals surface area contributed by atoms with Crippen LogP contribution in [-0.2, 0) is 0 Å². The van der Waals surface area contributed by atoms with E-state index in [9.17, 15) is 4.79 Å². The van der Waals surface area contributed by atoms with Crippen molar-refractivity contribution in [1.82, 2.24) is 5.43 Å². The maximum Gasteiger partial charge on any atom is 0.332 e. The molecule has 1 rings (SSSR count). The quantitative estimate of drug-likeness (QED) is 0.393. The number of rotatable bonds is 3. The Hall–Kier alpha value is -2.02. The molecule has 5 N–H and O–H groups in total. The second-order valence-electron chi connectivity index (χ2n) is 2.05. The molecule has 0 aromatic carbocycles. The lowest BCUT2D eigenvalue weighted by molar-refractivity contribution is 0.249. The number of nitrogens with zero attached hydrogens (tertiary/aromatic N) is 1. The van der Waals surface area contributed by atoms with E-state index in [0.29, 0.717) is 5.76 Å². The highest BCUT2D eigenvalue weighted by Gasteiger charge is 1.96. The third-order valence-corrected chi connectivity index (χ3v) is 1.10. The van der Waals surface area contributed by atoms with Gasteiger partial charge >= 0.3 is 6.03 Å². The SMILES string of the molecule is NC(=O)NN=Cc1ccc(NO)o1. The van der Waals surface area contributed by atoms with Gasteiger partial charge in [0.1, 0.15) is 5.76 Å². The molecule has 0 aliphatic rings. The largest absolute Gasteiger partial charge is 0.438 e. The number of primary amides is 1. The first-order chi connectivity index (χ1) is 6.22. The summed E-state index contributed by atoms with van der Waals surface area (Å²) in [5.74, 6) is 0.547. The van der Waals surface area contributed by atoms with Crippen LogP contribution < -0.4 is 16.6 Å². The van der Waals surface area contributed by atoms with Crippen molar-refractivity contribution in [2.75, 3.05) is 5.48 Å². The second-order valence-corrected chi connectivity index (χ2v) is 2.05. The average molecular weight is 184 g/mol. The number of hydrogen-bond acceptors (Lipinski definition) is 5. The number of nitrogens with one attached hydrogen (secondary N) is 2. The van der Waals surface area contributed by atoms with Crippen molar-refractivity contribution in [3.63, 3.8) is 0 Å². The third kappa shape index (κ3) is 2.83. The lowest BCUT2D eigenvalue weighted by Crippen LogP contribution is -2.24. The molecule has 0 bridgehead atoms. The van der Waals surface area contributed by atoms with Gasteiger partial charge in [-0.05, 0) is 6.07 Å². The molecule has 7 heteroatoms. The predicted octanol–water partition coefficient (Wildman–Crippen LogP) is 0.0829. The summed E-state index contributed by atoms with van der Waals surface area (Å²) >= 11 is 0. The highest BCUT2D eigenvalue weighted by molar-refractivity contribution is 5.79.